The van der Waals surface area contributed by atoms with Crippen LogP contribution >= 0.6 is 12.2 Å². The average Bonchev–Trinajstić information content (AvgIpc) is 2.61. The summed E-state index contributed by atoms with van der Waals surface area (Å²) < 4.78 is 4.69. The lowest BCUT2D eigenvalue weighted by Crippen LogP contribution is -2.35. The summed E-state index contributed by atoms with van der Waals surface area (Å²) >= 11 is 5.09. The molecule has 2 aromatic rings. The molecule has 0 bridgehead atoms. The molecule has 1 amide bonds. The number of rotatable bonds is 4. The van der Waals surface area contributed by atoms with Crippen LogP contribution in [0.3, 0.4) is 0 Å². The predicted molar refractivity (Wildman–Crippen MR) is 99.3 cm³/mol. The van der Waals surface area contributed by atoms with Gasteiger partial charge in [0.05, 0.1) is 23.3 Å². The van der Waals surface area contributed by atoms with E-state index in [1.165, 1.54) is 32.2 Å². The fourth-order valence-corrected chi connectivity index (χ4v) is 2.47. The molecule has 2 aromatic carbocycles. The molecule has 134 valence electrons. The Morgan fingerprint density at radius 3 is 2.42 bits per heavy atom. The summed E-state index contributed by atoms with van der Waals surface area (Å²) in [5.74, 6) is -1.16. The molecule has 0 fully saturated rings. The number of hydrogen-bond acceptors (Lipinski definition) is 6. The van der Waals surface area contributed by atoms with Crippen LogP contribution in [0.5, 0.6) is 0 Å². The van der Waals surface area contributed by atoms with Crippen molar-refractivity contribution in [2.45, 2.75) is 6.92 Å². The van der Waals surface area contributed by atoms with E-state index in [0.29, 0.717) is 5.69 Å². The number of nitrogens with zero attached hydrogens (tertiary/aromatic N) is 1. The molecule has 0 unspecified atom stereocenters. The third-order valence-electron chi connectivity index (χ3n) is 3.55. The molecule has 0 aliphatic rings. The number of para-hydroxylation sites is 1. The zero-order chi connectivity index (χ0) is 19.3. The molecule has 8 nitrogen and oxygen atoms in total. The van der Waals surface area contributed by atoms with Crippen LogP contribution in [0.4, 0.5) is 11.4 Å². The van der Waals surface area contributed by atoms with Gasteiger partial charge in [0.25, 0.3) is 11.6 Å². The first kappa shape index (κ1) is 19.0. The van der Waals surface area contributed by atoms with Gasteiger partial charge < -0.3 is 10.1 Å². The number of benzene rings is 2. The molecular weight excluding hydrogens is 358 g/mol. The van der Waals surface area contributed by atoms with Crippen LogP contribution in [0.1, 0.15) is 26.3 Å². The second-order valence-electron chi connectivity index (χ2n) is 5.15. The Bertz CT molecular complexity index is 898. The predicted octanol–water partition coefficient (Wildman–Crippen LogP) is 2.82. The molecule has 0 aliphatic carbocycles. The van der Waals surface area contributed by atoms with Crippen LogP contribution < -0.4 is 10.6 Å². The number of thiocarbonyl (C=S) groups is 1. The Morgan fingerprint density at radius 2 is 1.77 bits per heavy atom. The first-order chi connectivity index (χ1) is 12.3. The van der Waals surface area contributed by atoms with Gasteiger partial charge in [-0.15, -0.1) is 0 Å². The summed E-state index contributed by atoms with van der Waals surface area (Å²) in [6.45, 7) is 1.48. The van der Waals surface area contributed by atoms with Gasteiger partial charge in [0, 0.05) is 17.2 Å². The summed E-state index contributed by atoms with van der Waals surface area (Å²) in [4.78, 5) is 34.5. The monoisotopic (exact) mass is 373 g/mol. The highest BCUT2D eigenvalue weighted by atomic mass is 32.1. The normalized spacial score (nSPS) is 9.92. The van der Waals surface area contributed by atoms with Crippen LogP contribution in [0.2, 0.25) is 0 Å². The second kappa shape index (κ2) is 8.17. The highest BCUT2D eigenvalue weighted by molar-refractivity contribution is 7.80. The van der Waals surface area contributed by atoms with Gasteiger partial charge in [-0.1, -0.05) is 18.2 Å². The van der Waals surface area contributed by atoms with E-state index in [4.69, 9.17) is 12.2 Å². The van der Waals surface area contributed by atoms with Crippen molar-refractivity contribution in [1.29, 1.82) is 0 Å². The summed E-state index contributed by atoms with van der Waals surface area (Å²) in [6.07, 6.45) is 0. The Hall–Kier alpha value is -3.33. The maximum absolute atomic E-state index is 12.4. The van der Waals surface area contributed by atoms with Crippen LogP contribution in [-0.2, 0) is 4.74 Å². The number of anilines is 1. The molecule has 0 atom stereocenters. The van der Waals surface area contributed by atoms with Crippen molar-refractivity contribution in [2.24, 2.45) is 0 Å². The summed E-state index contributed by atoms with van der Waals surface area (Å²) in [6, 6.07) is 10.7. The highest BCUT2D eigenvalue weighted by Gasteiger charge is 2.19. The maximum atomic E-state index is 12.4. The number of methoxy groups -OCH3 is 1. The molecule has 0 aliphatic heterocycles. The van der Waals surface area contributed by atoms with Crippen molar-refractivity contribution in [3.05, 3.63) is 69.3 Å². The quantitative estimate of drug-likeness (QED) is 0.367. The number of nitro benzene ring substituents is 1. The Balaban J connectivity index is 2.17. The van der Waals surface area contributed by atoms with Gasteiger partial charge in [-0.05, 0) is 37.3 Å². The number of ether oxygens (including phenoxy) is 1. The minimum atomic E-state index is -0.598. The SMILES string of the molecule is COC(=O)c1ccccc1NC(=S)NC(=O)c1cccc([N+](=O)[O-])c1C. The van der Waals surface area contributed by atoms with Crippen LogP contribution in [0.15, 0.2) is 42.5 Å². The minimum absolute atomic E-state index is 0.0581. The van der Waals surface area contributed by atoms with Crippen molar-refractivity contribution in [3.63, 3.8) is 0 Å². The number of hydrogen-bond donors (Lipinski definition) is 2. The molecule has 0 heterocycles. The van der Waals surface area contributed by atoms with Gasteiger partial charge in [0.15, 0.2) is 5.11 Å². The lowest BCUT2D eigenvalue weighted by Gasteiger charge is -2.13. The minimum Gasteiger partial charge on any atom is -0.465 e. The summed E-state index contributed by atoms with van der Waals surface area (Å²) in [7, 11) is 1.25. The van der Waals surface area contributed by atoms with Crippen LogP contribution in [-0.4, -0.2) is 29.0 Å². The fourth-order valence-electron chi connectivity index (χ4n) is 2.27. The average molecular weight is 373 g/mol. The number of nitro groups is 1. The number of carbonyl (C=O) groups is 2. The lowest BCUT2D eigenvalue weighted by atomic mass is 10.1. The number of nitrogens with one attached hydrogen (secondary N) is 2. The maximum Gasteiger partial charge on any atom is 0.339 e. The van der Waals surface area contributed by atoms with Gasteiger partial charge in [-0.2, -0.15) is 0 Å². The van der Waals surface area contributed by atoms with Gasteiger partial charge in [0.1, 0.15) is 0 Å². The standard InChI is InChI=1S/C17H15N3O5S/c1-10-11(7-5-9-14(10)20(23)24)15(21)19-17(26)18-13-8-4-3-6-12(13)16(22)25-2/h3-9H,1-2H3,(H2,18,19,21,26). The van der Waals surface area contributed by atoms with Crippen LogP contribution in [0.25, 0.3) is 0 Å². The Morgan fingerprint density at radius 1 is 1.12 bits per heavy atom. The van der Waals surface area contributed by atoms with E-state index in [0.717, 1.165) is 0 Å². The molecule has 2 N–H and O–H groups in total. The molecule has 9 heteroatoms. The second-order valence-corrected chi connectivity index (χ2v) is 5.56. The zero-order valence-corrected chi connectivity index (χ0v) is 14.8. The van der Waals surface area contributed by atoms with Crippen molar-refractivity contribution < 1.29 is 19.2 Å². The van der Waals surface area contributed by atoms with Crippen molar-refractivity contribution >= 4 is 40.6 Å². The lowest BCUT2D eigenvalue weighted by molar-refractivity contribution is -0.385. The smallest absolute Gasteiger partial charge is 0.339 e. The van der Waals surface area contributed by atoms with E-state index in [1.54, 1.807) is 24.3 Å². The van der Waals surface area contributed by atoms with E-state index in [1.807, 2.05) is 0 Å². The Labute approximate surface area is 154 Å². The van der Waals surface area contributed by atoms with Gasteiger partial charge in [-0.3, -0.25) is 20.2 Å². The molecule has 0 aromatic heterocycles. The third kappa shape index (κ3) is 4.19. The van der Waals surface area contributed by atoms with E-state index >= 15 is 0 Å². The van der Waals surface area contributed by atoms with E-state index in [-0.39, 0.29) is 27.5 Å². The molecule has 0 radical (unpaired) electrons. The molecule has 2 rings (SSSR count). The fraction of sp³-hybridized carbons (Fsp3) is 0.118. The molecule has 0 saturated carbocycles. The van der Waals surface area contributed by atoms with Crippen molar-refractivity contribution in [1.82, 2.24) is 5.32 Å². The van der Waals surface area contributed by atoms with Crippen molar-refractivity contribution in [2.75, 3.05) is 12.4 Å². The van der Waals surface area contributed by atoms with Crippen molar-refractivity contribution in [3.8, 4) is 0 Å². The first-order valence-corrected chi connectivity index (χ1v) is 7.79. The molecular formula is C17H15N3O5S. The topological polar surface area (TPSA) is 111 Å². The van der Waals surface area contributed by atoms with Gasteiger partial charge in [0.2, 0.25) is 0 Å². The molecule has 0 saturated heterocycles. The largest absolute Gasteiger partial charge is 0.465 e. The van der Waals surface area contributed by atoms with Gasteiger partial charge in [-0.25, -0.2) is 4.79 Å². The summed E-state index contributed by atoms with van der Waals surface area (Å²) in [5.41, 5.74) is 0.809. The number of esters is 1. The number of amides is 1. The van der Waals surface area contributed by atoms with E-state index < -0.39 is 16.8 Å². The van der Waals surface area contributed by atoms with Gasteiger partial charge >= 0.3 is 5.97 Å². The van der Waals surface area contributed by atoms with E-state index in [2.05, 4.69) is 15.4 Å². The number of carbonyl (C=O) groups excluding carboxylic acids is 2. The molecule has 0 spiro atoms. The summed E-state index contributed by atoms with van der Waals surface area (Å²) in [5, 5.41) is 16.1. The molecule has 26 heavy (non-hydrogen) atoms. The third-order valence-corrected chi connectivity index (χ3v) is 3.76. The first-order valence-electron chi connectivity index (χ1n) is 7.38. The Kier molecular flexibility index (Phi) is 5.97. The zero-order valence-electron chi connectivity index (χ0n) is 13.9. The van der Waals surface area contributed by atoms with E-state index in [9.17, 15) is 19.7 Å². The highest BCUT2D eigenvalue weighted by Crippen LogP contribution is 2.21. The van der Waals surface area contributed by atoms with Crippen LogP contribution in [0, 0.1) is 17.0 Å².